The van der Waals surface area contributed by atoms with Gasteiger partial charge in [-0.1, -0.05) is 11.6 Å². The number of imidazole rings is 1. The average molecular weight is 437 g/mol. The molecule has 11 nitrogen and oxygen atoms in total. The minimum atomic E-state index is -0.637. The molecule has 0 radical (unpaired) electrons. The lowest BCUT2D eigenvalue weighted by atomic mass is 10.1. The number of anilines is 1. The lowest BCUT2D eigenvalue weighted by Crippen LogP contribution is -2.34. The van der Waals surface area contributed by atoms with Crippen LogP contribution in [0.5, 0.6) is 6.01 Å². The van der Waals surface area contributed by atoms with Crippen LogP contribution in [0.2, 0.25) is 5.02 Å². The van der Waals surface area contributed by atoms with Gasteiger partial charge in [-0.15, -0.1) is 0 Å². The molecular weight excluding hydrogens is 416 g/mol. The summed E-state index contributed by atoms with van der Waals surface area (Å²) in [6.07, 6.45) is -0.0329. The fourth-order valence-electron chi connectivity index (χ4n) is 3.74. The largest absolute Gasteiger partial charge is 0.456 e. The maximum Gasteiger partial charge on any atom is 0.296 e. The Morgan fingerprint density at radius 2 is 2.17 bits per heavy atom. The normalized spacial score (nSPS) is 25.7. The van der Waals surface area contributed by atoms with Crippen molar-refractivity contribution in [3.63, 3.8) is 0 Å². The molecule has 0 aromatic carbocycles. The quantitative estimate of drug-likeness (QED) is 0.412. The Balaban J connectivity index is 1.30. The standard InChI is InChI=1S/C18H21ClN6O5/c19-10-5-11-17(23-16(10)20-6-9-1-2-21-25(9)3-4-26)24-18(22-11)30-13-8-29-14-12(27)7-28-15(13)14/h1-2,5,12-15,26-27H,3-4,6-8H2,(H2,20,22,23,24)/t12-,13-,14?,15-/m1/s1. The van der Waals surface area contributed by atoms with Crippen LogP contribution in [0.1, 0.15) is 5.69 Å². The van der Waals surface area contributed by atoms with E-state index in [1.165, 1.54) is 0 Å². The van der Waals surface area contributed by atoms with Crippen molar-refractivity contribution in [2.45, 2.75) is 37.5 Å². The van der Waals surface area contributed by atoms with Crippen molar-refractivity contribution >= 4 is 28.6 Å². The molecule has 5 heterocycles. The van der Waals surface area contributed by atoms with E-state index in [-0.39, 0.29) is 37.5 Å². The highest BCUT2D eigenvalue weighted by atomic mass is 35.5. The van der Waals surface area contributed by atoms with E-state index < -0.39 is 6.10 Å². The van der Waals surface area contributed by atoms with Gasteiger partial charge in [0.1, 0.15) is 24.1 Å². The van der Waals surface area contributed by atoms with E-state index in [4.69, 9.17) is 30.9 Å². The van der Waals surface area contributed by atoms with E-state index in [0.29, 0.717) is 41.7 Å². The lowest BCUT2D eigenvalue weighted by Gasteiger charge is -2.15. The molecule has 5 rings (SSSR count). The van der Waals surface area contributed by atoms with Crippen molar-refractivity contribution in [1.82, 2.24) is 24.7 Å². The van der Waals surface area contributed by atoms with Gasteiger partial charge < -0.3 is 34.7 Å². The molecule has 12 heteroatoms. The molecule has 2 aliphatic heterocycles. The maximum atomic E-state index is 9.85. The third-order valence-corrected chi connectivity index (χ3v) is 5.49. The molecule has 30 heavy (non-hydrogen) atoms. The maximum absolute atomic E-state index is 9.85. The summed E-state index contributed by atoms with van der Waals surface area (Å²) in [6, 6.07) is 3.86. The molecule has 2 saturated heterocycles. The summed E-state index contributed by atoms with van der Waals surface area (Å²) < 4.78 is 18.7. The first kappa shape index (κ1) is 19.5. The minimum Gasteiger partial charge on any atom is -0.456 e. The number of H-pyrrole nitrogens is 1. The van der Waals surface area contributed by atoms with Crippen molar-refractivity contribution < 1.29 is 24.4 Å². The summed E-state index contributed by atoms with van der Waals surface area (Å²) >= 11 is 6.37. The number of halogens is 1. The van der Waals surface area contributed by atoms with Crippen LogP contribution in [0.4, 0.5) is 5.82 Å². The number of aromatic amines is 1. The first-order valence-electron chi connectivity index (χ1n) is 9.62. The molecule has 2 fully saturated rings. The van der Waals surface area contributed by atoms with E-state index in [0.717, 1.165) is 5.69 Å². The van der Waals surface area contributed by atoms with Gasteiger partial charge in [-0.2, -0.15) is 10.1 Å². The predicted octanol–water partition coefficient (Wildman–Crippen LogP) is 0.318. The Morgan fingerprint density at radius 1 is 1.30 bits per heavy atom. The highest BCUT2D eigenvalue weighted by molar-refractivity contribution is 6.33. The van der Waals surface area contributed by atoms with Gasteiger partial charge in [0, 0.05) is 6.20 Å². The highest BCUT2D eigenvalue weighted by Crippen LogP contribution is 2.30. The van der Waals surface area contributed by atoms with Gasteiger partial charge >= 0.3 is 0 Å². The molecular formula is C18H21ClN6O5. The first-order chi connectivity index (χ1) is 14.6. The predicted molar refractivity (Wildman–Crippen MR) is 105 cm³/mol. The number of hydrogen-bond donors (Lipinski definition) is 4. The van der Waals surface area contributed by atoms with Gasteiger partial charge in [-0.3, -0.25) is 4.68 Å². The third kappa shape index (κ3) is 3.59. The molecule has 4 atom stereocenters. The Kier molecular flexibility index (Phi) is 5.21. The van der Waals surface area contributed by atoms with Crippen LogP contribution in [0.3, 0.4) is 0 Å². The molecule has 0 amide bonds. The number of ether oxygens (including phenoxy) is 3. The Hall–Kier alpha value is -2.44. The highest BCUT2D eigenvalue weighted by Gasteiger charge is 2.48. The molecule has 0 bridgehead atoms. The lowest BCUT2D eigenvalue weighted by molar-refractivity contribution is 0.00706. The molecule has 3 aromatic heterocycles. The summed E-state index contributed by atoms with van der Waals surface area (Å²) in [5.41, 5.74) is 1.97. The topological polar surface area (TPSA) is 140 Å². The van der Waals surface area contributed by atoms with Gasteiger partial charge in [0.15, 0.2) is 11.8 Å². The van der Waals surface area contributed by atoms with Crippen molar-refractivity contribution in [1.29, 1.82) is 0 Å². The third-order valence-electron chi connectivity index (χ3n) is 5.20. The summed E-state index contributed by atoms with van der Waals surface area (Å²) in [5, 5.41) is 26.7. The fourth-order valence-corrected chi connectivity index (χ4v) is 3.96. The first-order valence-corrected chi connectivity index (χ1v) is 10.00. The van der Waals surface area contributed by atoms with Crippen molar-refractivity contribution in [3.05, 3.63) is 29.0 Å². The van der Waals surface area contributed by atoms with Crippen LogP contribution in [0, 0.1) is 0 Å². The summed E-state index contributed by atoms with van der Waals surface area (Å²) in [5.74, 6) is 0.477. The van der Waals surface area contributed by atoms with E-state index in [2.05, 4.69) is 25.4 Å². The fraction of sp³-hybridized carbons (Fsp3) is 0.500. The van der Waals surface area contributed by atoms with E-state index in [9.17, 15) is 5.11 Å². The van der Waals surface area contributed by atoms with Crippen LogP contribution in [0.15, 0.2) is 18.3 Å². The number of hydrogen-bond acceptors (Lipinski definition) is 9. The zero-order valence-corrected chi connectivity index (χ0v) is 16.6. The zero-order valence-electron chi connectivity index (χ0n) is 15.9. The summed E-state index contributed by atoms with van der Waals surface area (Å²) in [7, 11) is 0. The molecule has 3 aromatic rings. The van der Waals surface area contributed by atoms with E-state index in [1.54, 1.807) is 16.9 Å². The second-order valence-electron chi connectivity index (χ2n) is 7.17. The smallest absolute Gasteiger partial charge is 0.296 e. The molecule has 0 aliphatic carbocycles. The number of nitrogens with zero attached hydrogens (tertiary/aromatic N) is 4. The Morgan fingerprint density at radius 3 is 3.03 bits per heavy atom. The molecule has 2 aliphatic rings. The zero-order chi connectivity index (χ0) is 20.7. The van der Waals surface area contributed by atoms with Crippen molar-refractivity contribution in [3.8, 4) is 6.01 Å². The SMILES string of the molecule is OCCn1nccc1CNc1nc2nc(O[C@@H]3COC4[C@H](O)CO[C@@H]43)[nH]c2cc1Cl. The van der Waals surface area contributed by atoms with Crippen LogP contribution in [-0.2, 0) is 22.6 Å². The van der Waals surface area contributed by atoms with Crippen LogP contribution < -0.4 is 10.1 Å². The Bertz CT molecular complexity index is 1040. The number of fused-ring (bicyclic) bond motifs is 2. The number of rotatable bonds is 7. The van der Waals surface area contributed by atoms with Gasteiger partial charge in [0.05, 0.1) is 49.1 Å². The summed E-state index contributed by atoms with van der Waals surface area (Å²) in [6.45, 7) is 1.41. The van der Waals surface area contributed by atoms with E-state index in [1.807, 2.05) is 6.07 Å². The molecule has 4 N–H and O–H groups in total. The molecule has 0 spiro atoms. The van der Waals surface area contributed by atoms with Gasteiger partial charge in [0.2, 0.25) is 0 Å². The second kappa shape index (κ2) is 8.00. The van der Waals surface area contributed by atoms with Crippen LogP contribution in [0.25, 0.3) is 11.2 Å². The van der Waals surface area contributed by atoms with Crippen molar-refractivity contribution in [2.24, 2.45) is 0 Å². The molecule has 1 unspecified atom stereocenters. The van der Waals surface area contributed by atoms with Crippen molar-refractivity contribution in [2.75, 3.05) is 25.1 Å². The van der Waals surface area contributed by atoms with Gasteiger partial charge in [-0.05, 0) is 12.1 Å². The number of aliphatic hydroxyl groups excluding tert-OH is 2. The Labute approximate surface area is 175 Å². The average Bonchev–Trinajstić information content (AvgIpc) is 3.48. The van der Waals surface area contributed by atoms with Crippen LogP contribution >= 0.6 is 11.6 Å². The van der Waals surface area contributed by atoms with Gasteiger partial charge in [-0.25, -0.2) is 4.98 Å². The number of pyridine rings is 1. The number of nitrogens with one attached hydrogen (secondary N) is 2. The monoisotopic (exact) mass is 436 g/mol. The molecule has 0 saturated carbocycles. The van der Waals surface area contributed by atoms with Crippen LogP contribution in [-0.4, -0.2) is 79.2 Å². The van der Waals surface area contributed by atoms with Gasteiger partial charge in [0.25, 0.3) is 6.01 Å². The number of aromatic nitrogens is 5. The van der Waals surface area contributed by atoms with E-state index >= 15 is 0 Å². The molecule has 160 valence electrons. The second-order valence-corrected chi connectivity index (χ2v) is 7.58. The minimum absolute atomic E-state index is 0.00727. The summed E-state index contributed by atoms with van der Waals surface area (Å²) in [4.78, 5) is 11.9. The number of aliphatic hydroxyl groups is 2.